The number of halogens is 1. The maximum atomic E-state index is 12.4. The van der Waals surface area contributed by atoms with E-state index < -0.39 is 10.0 Å². The predicted molar refractivity (Wildman–Crippen MR) is 115 cm³/mol. The van der Waals surface area contributed by atoms with Crippen molar-refractivity contribution in [2.24, 2.45) is 0 Å². The fourth-order valence-electron chi connectivity index (χ4n) is 3.14. The largest absolute Gasteiger partial charge is 0.362 e. The summed E-state index contributed by atoms with van der Waals surface area (Å²) in [5.74, 6) is -0.177. The molecule has 0 atom stereocenters. The van der Waals surface area contributed by atoms with Crippen LogP contribution in [0.25, 0.3) is 0 Å². The molecule has 3 aromatic rings. The molecule has 1 aliphatic heterocycles. The highest BCUT2D eigenvalue weighted by Gasteiger charge is 2.21. The summed E-state index contributed by atoms with van der Waals surface area (Å²) in [6.07, 6.45) is 2.37. The third-order valence-electron chi connectivity index (χ3n) is 4.47. The molecule has 0 spiro atoms. The number of nitrogens with one attached hydrogen (secondary N) is 2. The Bertz CT molecular complexity index is 1130. The molecule has 1 amide bonds. The SMILES string of the molecule is O=C(CN1CCc2cc(Cl)ccc21)Nc1ccc(S(=O)(=O)Nc2nccs2)cc1. The maximum absolute atomic E-state index is 12.4. The second-order valence-corrected chi connectivity index (χ2v) is 9.47. The second-order valence-electron chi connectivity index (χ2n) is 6.46. The molecule has 0 saturated heterocycles. The van der Waals surface area contributed by atoms with Gasteiger partial charge in [-0.05, 0) is 54.4 Å². The van der Waals surface area contributed by atoms with E-state index in [1.165, 1.54) is 29.7 Å². The van der Waals surface area contributed by atoms with E-state index >= 15 is 0 Å². The van der Waals surface area contributed by atoms with E-state index in [1.54, 1.807) is 17.5 Å². The van der Waals surface area contributed by atoms with E-state index in [0.29, 0.717) is 15.8 Å². The summed E-state index contributed by atoms with van der Waals surface area (Å²) in [7, 11) is -3.72. The zero-order valence-corrected chi connectivity index (χ0v) is 17.5. The summed E-state index contributed by atoms with van der Waals surface area (Å²) < 4.78 is 27.1. The fraction of sp³-hybridized carbons (Fsp3) is 0.158. The molecule has 1 aromatic heterocycles. The number of hydrogen-bond donors (Lipinski definition) is 2. The Balaban J connectivity index is 1.39. The number of benzene rings is 2. The third-order valence-corrected chi connectivity index (χ3v) is 6.88. The van der Waals surface area contributed by atoms with Crippen molar-refractivity contribution in [3.05, 3.63) is 64.6 Å². The lowest BCUT2D eigenvalue weighted by molar-refractivity contribution is -0.115. The molecule has 2 N–H and O–H groups in total. The molecule has 2 heterocycles. The van der Waals surface area contributed by atoms with Gasteiger partial charge in [-0.15, -0.1) is 11.3 Å². The number of thiazole rings is 1. The minimum atomic E-state index is -3.72. The Morgan fingerprint density at radius 3 is 2.72 bits per heavy atom. The molecular formula is C19H17ClN4O3S2. The van der Waals surface area contributed by atoms with Crippen molar-refractivity contribution in [2.45, 2.75) is 11.3 Å². The van der Waals surface area contributed by atoms with Crippen LogP contribution in [0.3, 0.4) is 0 Å². The number of anilines is 3. The first-order valence-electron chi connectivity index (χ1n) is 8.76. The molecule has 0 fully saturated rings. The van der Waals surface area contributed by atoms with Gasteiger partial charge in [-0.1, -0.05) is 11.6 Å². The van der Waals surface area contributed by atoms with Gasteiger partial charge < -0.3 is 10.2 Å². The first kappa shape index (κ1) is 19.7. The summed E-state index contributed by atoms with van der Waals surface area (Å²) >= 11 is 7.22. The van der Waals surface area contributed by atoms with Crippen molar-refractivity contribution >= 4 is 55.4 Å². The van der Waals surface area contributed by atoms with Crippen molar-refractivity contribution in [3.8, 4) is 0 Å². The lowest BCUT2D eigenvalue weighted by Gasteiger charge is -2.19. The molecule has 29 heavy (non-hydrogen) atoms. The number of rotatable bonds is 6. The van der Waals surface area contributed by atoms with Crippen molar-refractivity contribution in [3.63, 3.8) is 0 Å². The van der Waals surface area contributed by atoms with Gasteiger partial charge in [0.2, 0.25) is 5.91 Å². The Morgan fingerprint density at radius 1 is 1.21 bits per heavy atom. The number of fused-ring (bicyclic) bond motifs is 1. The number of carbonyl (C=O) groups is 1. The number of carbonyl (C=O) groups excluding carboxylic acids is 1. The summed E-state index contributed by atoms with van der Waals surface area (Å²) in [4.78, 5) is 18.4. The van der Waals surface area contributed by atoms with E-state index in [9.17, 15) is 13.2 Å². The number of hydrogen-bond acceptors (Lipinski definition) is 6. The highest BCUT2D eigenvalue weighted by Crippen LogP contribution is 2.30. The van der Waals surface area contributed by atoms with Crippen LogP contribution in [0.5, 0.6) is 0 Å². The fourth-order valence-corrected chi connectivity index (χ4v) is 5.13. The molecule has 7 nitrogen and oxygen atoms in total. The van der Waals surface area contributed by atoms with E-state index in [4.69, 9.17) is 11.6 Å². The molecule has 0 unspecified atom stereocenters. The molecular weight excluding hydrogens is 432 g/mol. The normalized spacial score (nSPS) is 13.2. The number of sulfonamides is 1. The van der Waals surface area contributed by atoms with Gasteiger partial charge >= 0.3 is 0 Å². The van der Waals surface area contributed by atoms with Crippen LogP contribution in [0.1, 0.15) is 5.56 Å². The standard InChI is InChI=1S/C19H17ClN4O3S2/c20-14-1-6-17-13(11-14)7-9-24(17)12-18(25)22-15-2-4-16(5-3-15)29(26,27)23-19-21-8-10-28-19/h1-6,8,10-11H,7,9,12H2,(H,21,23)(H,22,25). The van der Waals surface area contributed by atoms with Crippen LogP contribution < -0.4 is 14.9 Å². The first-order valence-corrected chi connectivity index (χ1v) is 11.5. The van der Waals surface area contributed by atoms with Gasteiger partial charge in [-0.3, -0.25) is 9.52 Å². The van der Waals surface area contributed by atoms with Crippen molar-refractivity contribution in [1.29, 1.82) is 0 Å². The third kappa shape index (κ3) is 4.52. The van der Waals surface area contributed by atoms with Gasteiger partial charge in [-0.25, -0.2) is 13.4 Å². The van der Waals surface area contributed by atoms with Gasteiger partial charge in [0.15, 0.2) is 5.13 Å². The van der Waals surface area contributed by atoms with E-state index in [0.717, 1.165) is 24.2 Å². The zero-order valence-electron chi connectivity index (χ0n) is 15.1. The number of aromatic nitrogens is 1. The van der Waals surface area contributed by atoms with Crippen LogP contribution in [0, 0.1) is 0 Å². The van der Waals surface area contributed by atoms with Crippen LogP contribution in [0.2, 0.25) is 5.02 Å². The van der Waals surface area contributed by atoms with E-state index in [-0.39, 0.29) is 17.3 Å². The lowest BCUT2D eigenvalue weighted by Crippen LogP contribution is -2.31. The minimum Gasteiger partial charge on any atom is -0.362 e. The Kier molecular flexibility index (Phi) is 5.44. The second kappa shape index (κ2) is 8.02. The summed E-state index contributed by atoms with van der Waals surface area (Å²) in [5, 5.41) is 5.48. The van der Waals surface area contributed by atoms with Crippen LogP contribution >= 0.6 is 22.9 Å². The first-order chi connectivity index (χ1) is 13.9. The van der Waals surface area contributed by atoms with Gasteiger partial charge in [-0.2, -0.15) is 0 Å². The number of amides is 1. The average Bonchev–Trinajstić information content (AvgIpc) is 3.31. The Morgan fingerprint density at radius 2 is 2.00 bits per heavy atom. The molecule has 10 heteroatoms. The van der Waals surface area contributed by atoms with Crippen LogP contribution in [-0.4, -0.2) is 32.4 Å². The topological polar surface area (TPSA) is 91.4 Å². The average molecular weight is 449 g/mol. The quantitative estimate of drug-likeness (QED) is 0.601. The molecule has 4 rings (SSSR count). The highest BCUT2D eigenvalue weighted by molar-refractivity contribution is 7.93. The molecule has 150 valence electrons. The molecule has 0 saturated carbocycles. The summed E-state index contributed by atoms with van der Waals surface area (Å²) in [6, 6.07) is 11.7. The predicted octanol–water partition coefficient (Wildman–Crippen LogP) is 3.60. The van der Waals surface area contributed by atoms with Gasteiger partial charge in [0.1, 0.15) is 0 Å². The maximum Gasteiger partial charge on any atom is 0.263 e. The Hall–Kier alpha value is -2.62. The van der Waals surface area contributed by atoms with Crippen LogP contribution in [0.15, 0.2) is 58.9 Å². The van der Waals surface area contributed by atoms with Gasteiger partial charge in [0.25, 0.3) is 10.0 Å². The molecule has 0 aliphatic carbocycles. The minimum absolute atomic E-state index is 0.0936. The van der Waals surface area contributed by atoms with Crippen LogP contribution in [0.4, 0.5) is 16.5 Å². The number of nitrogens with zero attached hydrogens (tertiary/aromatic N) is 2. The van der Waals surface area contributed by atoms with Crippen molar-refractivity contribution in [2.75, 3.05) is 28.0 Å². The zero-order chi connectivity index (χ0) is 20.4. The Labute approximate surface area is 177 Å². The van der Waals surface area contributed by atoms with E-state index in [1.807, 2.05) is 23.1 Å². The van der Waals surface area contributed by atoms with Gasteiger partial charge in [0, 0.05) is 34.5 Å². The summed E-state index contributed by atoms with van der Waals surface area (Å²) in [5.41, 5.74) is 2.67. The highest BCUT2D eigenvalue weighted by atomic mass is 35.5. The monoisotopic (exact) mass is 448 g/mol. The van der Waals surface area contributed by atoms with Gasteiger partial charge in [0.05, 0.1) is 11.4 Å². The molecule has 0 radical (unpaired) electrons. The van der Waals surface area contributed by atoms with E-state index in [2.05, 4.69) is 15.0 Å². The molecule has 2 aromatic carbocycles. The van der Waals surface area contributed by atoms with Crippen molar-refractivity contribution < 1.29 is 13.2 Å². The van der Waals surface area contributed by atoms with Crippen molar-refractivity contribution in [1.82, 2.24) is 4.98 Å². The van der Waals surface area contributed by atoms with Crippen LogP contribution in [-0.2, 0) is 21.2 Å². The summed E-state index contributed by atoms with van der Waals surface area (Å²) in [6.45, 7) is 0.961. The smallest absolute Gasteiger partial charge is 0.263 e. The molecule has 1 aliphatic rings. The lowest BCUT2D eigenvalue weighted by atomic mass is 10.2. The molecule has 0 bridgehead atoms.